The van der Waals surface area contributed by atoms with Crippen molar-refractivity contribution in [3.8, 4) is 5.75 Å². The number of carbonyl (C=O) groups is 1. The van der Waals surface area contributed by atoms with Crippen LogP contribution in [0.15, 0.2) is 30.5 Å². The average Bonchev–Trinajstić information content (AvgIpc) is 2.64. The molecule has 26 heavy (non-hydrogen) atoms. The van der Waals surface area contributed by atoms with Crippen LogP contribution in [0.4, 0.5) is 20.2 Å². The number of hydrogen-bond acceptors (Lipinski definition) is 5. The van der Waals surface area contributed by atoms with E-state index in [2.05, 4.69) is 10.3 Å². The van der Waals surface area contributed by atoms with Crippen molar-refractivity contribution in [2.45, 2.75) is 18.9 Å². The Kier molecular flexibility index (Phi) is 5.20. The monoisotopic (exact) mass is 362 g/mol. The molecule has 2 aromatic rings. The van der Waals surface area contributed by atoms with E-state index in [9.17, 15) is 13.6 Å². The Labute approximate surface area is 150 Å². The fraction of sp³-hybridized carbons (Fsp3) is 0.333. The number of halogens is 2. The van der Waals surface area contributed by atoms with Gasteiger partial charge in [0.1, 0.15) is 17.6 Å². The Morgan fingerprint density at radius 3 is 2.69 bits per heavy atom. The van der Waals surface area contributed by atoms with Crippen LogP contribution in [-0.4, -0.2) is 37.1 Å². The van der Waals surface area contributed by atoms with E-state index < -0.39 is 11.6 Å². The third kappa shape index (κ3) is 3.84. The zero-order chi connectivity index (χ0) is 18.7. The number of nitrogens with one attached hydrogen (secondary N) is 1. The summed E-state index contributed by atoms with van der Waals surface area (Å²) in [5.41, 5.74) is 7.53. The number of nitrogens with two attached hydrogens (primary N) is 1. The van der Waals surface area contributed by atoms with Crippen molar-refractivity contribution in [3.63, 3.8) is 0 Å². The highest BCUT2D eigenvalue weighted by Gasteiger charge is 2.24. The van der Waals surface area contributed by atoms with Gasteiger partial charge >= 0.3 is 0 Å². The van der Waals surface area contributed by atoms with Gasteiger partial charge in [-0.3, -0.25) is 4.79 Å². The predicted octanol–water partition coefficient (Wildman–Crippen LogP) is 2.35. The minimum atomic E-state index is -0.707. The average molecular weight is 362 g/mol. The minimum absolute atomic E-state index is 0.0511. The second-order valence-electron chi connectivity index (χ2n) is 6.09. The number of amides is 1. The van der Waals surface area contributed by atoms with Gasteiger partial charge in [-0.2, -0.15) is 0 Å². The lowest BCUT2D eigenvalue weighted by molar-refractivity contribution is 0.0958. The van der Waals surface area contributed by atoms with Crippen molar-refractivity contribution >= 4 is 17.3 Å². The summed E-state index contributed by atoms with van der Waals surface area (Å²) in [5.74, 6) is -1.57. The van der Waals surface area contributed by atoms with E-state index >= 15 is 0 Å². The SMILES string of the molecule is CNC(=O)c1cc(N2CCC(Oc3ccc(F)cc3F)CC2)c(N)cn1. The molecule has 6 nitrogen and oxygen atoms in total. The second-order valence-corrected chi connectivity index (χ2v) is 6.09. The molecule has 1 aromatic heterocycles. The lowest BCUT2D eigenvalue weighted by atomic mass is 10.1. The van der Waals surface area contributed by atoms with Crippen molar-refractivity contribution in [2.24, 2.45) is 0 Å². The van der Waals surface area contributed by atoms with Crippen LogP contribution in [0.2, 0.25) is 0 Å². The number of hydrogen-bond donors (Lipinski definition) is 2. The van der Waals surface area contributed by atoms with Crippen LogP contribution in [0.25, 0.3) is 0 Å². The zero-order valence-electron chi connectivity index (χ0n) is 14.3. The molecule has 2 heterocycles. The van der Waals surface area contributed by atoms with Crippen LogP contribution in [0.3, 0.4) is 0 Å². The predicted molar refractivity (Wildman–Crippen MR) is 94.3 cm³/mol. The molecule has 1 aliphatic rings. The number of nitrogen functional groups attached to an aromatic ring is 1. The van der Waals surface area contributed by atoms with E-state index in [1.807, 2.05) is 4.90 Å². The number of ether oxygens (including phenoxy) is 1. The van der Waals surface area contributed by atoms with Crippen LogP contribution in [-0.2, 0) is 0 Å². The number of benzene rings is 1. The molecule has 0 saturated carbocycles. The van der Waals surface area contributed by atoms with Crippen LogP contribution in [0.1, 0.15) is 23.3 Å². The largest absolute Gasteiger partial charge is 0.487 e. The molecule has 138 valence electrons. The fourth-order valence-corrected chi connectivity index (χ4v) is 2.95. The smallest absolute Gasteiger partial charge is 0.269 e. The maximum absolute atomic E-state index is 13.7. The molecule has 0 aliphatic carbocycles. The van der Waals surface area contributed by atoms with Gasteiger partial charge in [-0.25, -0.2) is 13.8 Å². The summed E-state index contributed by atoms with van der Waals surface area (Å²) in [4.78, 5) is 17.8. The van der Waals surface area contributed by atoms with Crippen molar-refractivity contribution in [2.75, 3.05) is 30.8 Å². The van der Waals surface area contributed by atoms with Crippen molar-refractivity contribution < 1.29 is 18.3 Å². The first kappa shape index (κ1) is 17.9. The topological polar surface area (TPSA) is 80.5 Å². The first-order valence-electron chi connectivity index (χ1n) is 8.32. The number of rotatable bonds is 4. The van der Waals surface area contributed by atoms with E-state index in [1.54, 1.807) is 6.07 Å². The van der Waals surface area contributed by atoms with E-state index in [0.717, 1.165) is 11.8 Å². The first-order valence-corrected chi connectivity index (χ1v) is 8.32. The Balaban J connectivity index is 1.66. The van der Waals surface area contributed by atoms with Crippen molar-refractivity contribution in [3.05, 3.63) is 47.8 Å². The van der Waals surface area contributed by atoms with Gasteiger partial charge in [-0.05, 0) is 18.2 Å². The Morgan fingerprint density at radius 1 is 1.31 bits per heavy atom. The maximum atomic E-state index is 13.7. The highest BCUT2D eigenvalue weighted by molar-refractivity contribution is 5.93. The van der Waals surface area contributed by atoms with Crippen molar-refractivity contribution in [1.29, 1.82) is 0 Å². The number of anilines is 2. The molecule has 8 heteroatoms. The molecule has 0 unspecified atom stereocenters. The van der Waals surface area contributed by atoms with Gasteiger partial charge in [0.25, 0.3) is 5.91 Å². The molecular weight excluding hydrogens is 342 g/mol. The molecule has 1 aromatic carbocycles. The molecule has 1 amide bonds. The highest BCUT2D eigenvalue weighted by atomic mass is 19.1. The van der Waals surface area contributed by atoms with Gasteiger partial charge in [-0.15, -0.1) is 0 Å². The van der Waals surface area contributed by atoms with Gasteiger partial charge in [0, 0.05) is 39.0 Å². The molecule has 0 bridgehead atoms. The van der Waals surface area contributed by atoms with E-state index in [-0.39, 0.29) is 17.8 Å². The number of pyridine rings is 1. The van der Waals surface area contributed by atoms with Crippen LogP contribution in [0, 0.1) is 11.6 Å². The molecule has 0 spiro atoms. The molecule has 1 fully saturated rings. The number of aromatic nitrogens is 1. The highest BCUT2D eigenvalue weighted by Crippen LogP contribution is 2.28. The Bertz CT molecular complexity index is 808. The van der Waals surface area contributed by atoms with Crippen LogP contribution < -0.4 is 20.7 Å². The molecule has 1 aliphatic heterocycles. The van der Waals surface area contributed by atoms with Crippen LogP contribution in [0.5, 0.6) is 5.75 Å². The third-order valence-corrected chi connectivity index (χ3v) is 4.34. The van der Waals surface area contributed by atoms with E-state index in [1.165, 1.54) is 25.4 Å². The molecule has 3 N–H and O–H groups in total. The standard InChI is InChI=1S/C18H20F2N4O2/c1-22-18(25)15-9-16(14(21)10-23-15)24-6-4-12(5-7-24)26-17-3-2-11(19)8-13(17)20/h2-3,8-10,12H,4-7,21H2,1H3,(H,22,25). The lowest BCUT2D eigenvalue weighted by Gasteiger charge is -2.34. The number of nitrogens with zero attached hydrogens (tertiary/aromatic N) is 2. The summed E-state index contributed by atoms with van der Waals surface area (Å²) in [5, 5.41) is 2.53. The minimum Gasteiger partial charge on any atom is -0.487 e. The second kappa shape index (κ2) is 7.55. The summed E-state index contributed by atoms with van der Waals surface area (Å²) < 4.78 is 32.3. The number of piperidine rings is 1. The van der Waals surface area contributed by atoms with E-state index in [0.29, 0.717) is 37.3 Å². The zero-order valence-corrected chi connectivity index (χ0v) is 14.3. The summed E-state index contributed by atoms with van der Waals surface area (Å²) >= 11 is 0. The lowest BCUT2D eigenvalue weighted by Crippen LogP contribution is -2.39. The fourth-order valence-electron chi connectivity index (χ4n) is 2.95. The third-order valence-electron chi connectivity index (χ3n) is 4.34. The molecule has 3 rings (SSSR count). The Hall–Kier alpha value is -2.90. The molecule has 1 saturated heterocycles. The summed E-state index contributed by atoms with van der Waals surface area (Å²) in [6.07, 6.45) is 2.59. The Morgan fingerprint density at radius 2 is 2.04 bits per heavy atom. The molecule has 0 atom stereocenters. The van der Waals surface area contributed by atoms with Gasteiger partial charge in [-0.1, -0.05) is 0 Å². The quantitative estimate of drug-likeness (QED) is 0.873. The summed E-state index contributed by atoms with van der Waals surface area (Å²) in [7, 11) is 1.54. The maximum Gasteiger partial charge on any atom is 0.269 e. The van der Waals surface area contributed by atoms with E-state index in [4.69, 9.17) is 10.5 Å². The number of carbonyl (C=O) groups excluding carboxylic acids is 1. The van der Waals surface area contributed by atoms with Crippen LogP contribution >= 0.6 is 0 Å². The summed E-state index contributed by atoms with van der Waals surface area (Å²) in [6.45, 7) is 1.27. The summed E-state index contributed by atoms with van der Waals surface area (Å²) in [6, 6.07) is 4.94. The van der Waals surface area contributed by atoms with Gasteiger partial charge in [0.15, 0.2) is 11.6 Å². The van der Waals surface area contributed by atoms with Gasteiger partial charge in [0.05, 0.1) is 17.6 Å². The molecule has 0 radical (unpaired) electrons. The molecular formula is C18H20F2N4O2. The van der Waals surface area contributed by atoms with Gasteiger partial charge < -0.3 is 20.7 Å². The van der Waals surface area contributed by atoms with Gasteiger partial charge in [0.2, 0.25) is 0 Å². The normalized spacial score (nSPS) is 15.0. The first-order chi connectivity index (χ1) is 12.5. The van der Waals surface area contributed by atoms with Crippen molar-refractivity contribution in [1.82, 2.24) is 10.3 Å².